The third-order valence-corrected chi connectivity index (χ3v) is 4.87. The van der Waals surface area contributed by atoms with E-state index in [0.717, 1.165) is 10.3 Å². The molecule has 1 amide bonds. The highest BCUT2D eigenvalue weighted by molar-refractivity contribution is 7.22. The van der Waals surface area contributed by atoms with Gasteiger partial charge in [-0.05, 0) is 35.3 Å². The zero-order chi connectivity index (χ0) is 17.1. The molecule has 0 spiro atoms. The molecule has 0 aliphatic rings. The van der Waals surface area contributed by atoms with Crippen LogP contribution >= 0.6 is 22.9 Å². The minimum Gasteiger partial charge on any atom is -0.298 e. The highest BCUT2D eigenvalue weighted by Crippen LogP contribution is 2.30. The topological polar surface area (TPSA) is 42.0 Å². The van der Waals surface area contributed by atoms with Crippen LogP contribution in [0.5, 0.6) is 0 Å². The molecule has 0 unspecified atom stereocenters. The predicted molar refractivity (Wildman–Crippen MR) is 103 cm³/mol. The lowest BCUT2D eigenvalue weighted by atomic mass is 10.0. The average Bonchev–Trinajstić information content (AvgIpc) is 2.97. The van der Waals surface area contributed by atoms with Gasteiger partial charge >= 0.3 is 0 Å². The van der Waals surface area contributed by atoms with Crippen LogP contribution in [0.15, 0.2) is 48.5 Å². The van der Waals surface area contributed by atoms with Crippen molar-refractivity contribution in [3.8, 4) is 0 Å². The van der Waals surface area contributed by atoms with Gasteiger partial charge in [0, 0.05) is 6.08 Å². The van der Waals surface area contributed by atoms with Gasteiger partial charge < -0.3 is 0 Å². The van der Waals surface area contributed by atoms with E-state index in [-0.39, 0.29) is 5.91 Å². The molecule has 0 saturated carbocycles. The van der Waals surface area contributed by atoms with Crippen molar-refractivity contribution in [2.45, 2.75) is 19.8 Å². The number of carbonyl (C=O) groups is 1. The smallest absolute Gasteiger partial charge is 0.250 e. The number of hydrogen-bond acceptors (Lipinski definition) is 3. The van der Waals surface area contributed by atoms with E-state index in [1.807, 2.05) is 24.3 Å². The molecule has 0 fully saturated rings. The number of anilines is 1. The first-order valence-corrected chi connectivity index (χ1v) is 8.86. The summed E-state index contributed by atoms with van der Waals surface area (Å²) in [6.45, 7) is 4.31. The van der Waals surface area contributed by atoms with Gasteiger partial charge in [-0.25, -0.2) is 4.98 Å². The standard InChI is InChI=1S/C19H17ClN2OS/c1-12(2)14-9-6-13(7-10-14)8-11-17(23)21-19-22-18-15(20)4-3-5-16(18)24-19/h3-12H,1-2H3,(H,21,22,23). The van der Waals surface area contributed by atoms with Gasteiger partial charge in [-0.15, -0.1) is 0 Å². The maximum Gasteiger partial charge on any atom is 0.250 e. The van der Waals surface area contributed by atoms with Crippen molar-refractivity contribution in [2.24, 2.45) is 0 Å². The van der Waals surface area contributed by atoms with Crippen molar-refractivity contribution in [3.05, 3.63) is 64.7 Å². The van der Waals surface area contributed by atoms with E-state index in [2.05, 4.69) is 36.3 Å². The van der Waals surface area contributed by atoms with Crippen LogP contribution in [0.4, 0.5) is 5.13 Å². The van der Waals surface area contributed by atoms with E-state index in [1.54, 1.807) is 12.1 Å². The zero-order valence-corrected chi connectivity index (χ0v) is 15.0. The van der Waals surface area contributed by atoms with E-state index in [0.29, 0.717) is 21.6 Å². The predicted octanol–water partition coefficient (Wildman–Crippen LogP) is 5.73. The molecule has 1 aromatic heterocycles. The van der Waals surface area contributed by atoms with Gasteiger partial charge in [0.05, 0.1) is 9.72 Å². The normalized spacial score (nSPS) is 11.5. The van der Waals surface area contributed by atoms with Gasteiger partial charge in [0.1, 0.15) is 5.52 Å². The Morgan fingerprint density at radius 3 is 2.62 bits per heavy atom. The van der Waals surface area contributed by atoms with E-state index in [1.165, 1.54) is 23.0 Å². The first-order valence-electron chi connectivity index (χ1n) is 7.67. The van der Waals surface area contributed by atoms with Gasteiger partial charge in [-0.1, -0.05) is 67.1 Å². The number of para-hydroxylation sites is 1. The number of fused-ring (bicyclic) bond motifs is 1. The molecule has 2 aromatic carbocycles. The molecule has 5 heteroatoms. The van der Waals surface area contributed by atoms with Crippen molar-refractivity contribution in [3.63, 3.8) is 0 Å². The number of aromatic nitrogens is 1. The fraction of sp³-hybridized carbons (Fsp3) is 0.158. The van der Waals surface area contributed by atoms with E-state index >= 15 is 0 Å². The molecule has 1 N–H and O–H groups in total. The summed E-state index contributed by atoms with van der Waals surface area (Å²) in [5, 5.41) is 3.91. The molecule has 3 rings (SSSR count). The number of nitrogens with one attached hydrogen (secondary N) is 1. The van der Waals surface area contributed by atoms with Gasteiger partial charge in [-0.2, -0.15) is 0 Å². The second-order valence-corrected chi connectivity index (χ2v) is 7.19. The Bertz CT molecular complexity index is 897. The number of hydrogen-bond donors (Lipinski definition) is 1. The average molecular weight is 357 g/mol. The van der Waals surface area contributed by atoms with Crippen molar-refractivity contribution in [2.75, 3.05) is 5.32 Å². The van der Waals surface area contributed by atoms with E-state index in [4.69, 9.17) is 11.6 Å². The molecular weight excluding hydrogens is 340 g/mol. The number of rotatable bonds is 4. The van der Waals surface area contributed by atoms with Crippen LogP contribution in [0.2, 0.25) is 5.02 Å². The van der Waals surface area contributed by atoms with Gasteiger partial charge in [0.15, 0.2) is 5.13 Å². The second-order valence-electron chi connectivity index (χ2n) is 5.75. The summed E-state index contributed by atoms with van der Waals surface area (Å²) in [6, 6.07) is 13.8. The molecule has 24 heavy (non-hydrogen) atoms. The molecule has 0 saturated heterocycles. The molecule has 0 radical (unpaired) electrons. The number of carbonyl (C=O) groups excluding carboxylic acids is 1. The molecule has 122 valence electrons. The number of halogens is 1. The van der Waals surface area contributed by atoms with Crippen molar-refractivity contribution in [1.29, 1.82) is 0 Å². The number of amides is 1. The molecular formula is C19H17ClN2OS. The summed E-state index contributed by atoms with van der Waals surface area (Å²) in [7, 11) is 0. The molecule has 3 aromatic rings. The zero-order valence-electron chi connectivity index (χ0n) is 13.4. The Labute approximate surface area is 150 Å². The van der Waals surface area contributed by atoms with Crippen LogP contribution < -0.4 is 5.32 Å². The first kappa shape index (κ1) is 16.7. The number of nitrogens with zero attached hydrogens (tertiary/aromatic N) is 1. The van der Waals surface area contributed by atoms with Gasteiger partial charge in [0.25, 0.3) is 0 Å². The van der Waals surface area contributed by atoms with E-state index < -0.39 is 0 Å². The summed E-state index contributed by atoms with van der Waals surface area (Å²) in [4.78, 5) is 16.4. The van der Waals surface area contributed by atoms with Crippen LogP contribution in [0.3, 0.4) is 0 Å². The molecule has 3 nitrogen and oxygen atoms in total. The molecule has 1 heterocycles. The second kappa shape index (κ2) is 7.16. The third kappa shape index (κ3) is 3.83. The number of benzene rings is 2. The maximum absolute atomic E-state index is 12.1. The highest BCUT2D eigenvalue weighted by atomic mass is 35.5. The van der Waals surface area contributed by atoms with Crippen LogP contribution in [0.1, 0.15) is 30.9 Å². The molecule has 0 aliphatic heterocycles. The van der Waals surface area contributed by atoms with Crippen LogP contribution in [-0.4, -0.2) is 10.9 Å². The number of thiazole rings is 1. The Balaban J connectivity index is 1.69. The SMILES string of the molecule is CC(C)c1ccc(C=CC(=O)Nc2nc3c(Cl)cccc3s2)cc1. The van der Waals surface area contributed by atoms with Gasteiger partial charge in [-0.3, -0.25) is 10.1 Å². The maximum atomic E-state index is 12.1. The largest absolute Gasteiger partial charge is 0.298 e. The molecule has 0 atom stereocenters. The summed E-state index contributed by atoms with van der Waals surface area (Å²) >= 11 is 7.51. The Morgan fingerprint density at radius 1 is 1.21 bits per heavy atom. The lowest BCUT2D eigenvalue weighted by molar-refractivity contribution is -0.111. The molecule has 0 aliphatic carbocycles. The van der Waals surface area contributed by atoms with Crippen molar-refractivity contribution < 1.29 is 4.79 Å². The Hall–Kier alpha value is -2.17. The monoisotopic (exact) mass is 356 g/mol. The summed E-state index contributed by atoms with van der Waals surface area (Å²) in [6.07, 6.45) is 3.30. The van der Waals surface area contributed by atoms with Crippen LogP contribution in [0.25, 0.3) is 16.3 Å². The lowest BCUT2D eigenvalue weighted by Crippen LogP contribution is -2.07. The summed E-state index contributed by atoms with van der Waals surface area (Å²) in [5.74, 6) is 0.287. The van der Waals surface area contributed by atoms with Gasteiger partial charge in [0.2, 0.25) is 5.91 Å². The quantitative estimate of drug-likeness (QED) is 0.607. The summed E-state index contributed by atoms with van der Waals surface area (Å²) in [5.41, 5.74) is 2.98. The first-order chi connectivity index (χ1) is 11.5. The Kier molecular flexibility index (Phi) is 4.97. The fourth-order valence-corrected chi connectivity index (χ4v) is 3.45. The fourth-order valence-electron chi connectivity index (χ4n) is 2.28. The van der Waals surface area contributed by atoms with Crippen LogP contribution in [-0.2, 0) is 4.79 Å². The van der Waals surface area contributed by atoms with E-state index in [9.17, 15) is 4.79 Å². The molecule has 0 bridgehead atoms. The van der Waals surface area contributed by atoms with Crippen molar-refractivity contribution in [1.82, 2.24) is 4.98 Å². The minimum absolute atomic E-state index is 0.210. The third-order valence-electron chi connectivity index (χ3n) is 3.63. The van der Waals surface area contributed by atoms with Crippen molar-refractivity contribution >= 4 is 50.3 Å². The van der Waals surface area contributed by atoms with Crippen LogP contribution in [0, 0.1) is 0 Å². The summed E-state index contributed by atoms with van der Waals surface area (Å²) < 4.78 is 0.950. The highest BCUT2D eigenvalue weighted by Gasteiger charge is 2.08. The lowest BCUT2D eigenvalue weighted by Gasteiger charge is -2.04. The minimum atomic E-state index is -0.210. The Morgan fingerprint density at radius 2 is 1.96 bits per heavy atom.